The highest BCUT2D eigenvalue weighted by atomic mass is 19.3. The minimum absolute atomic E-state index is 0.0175. The van der Waals surface area contributed by atoms with Crippen molar-refractivity contribution in [1.82, 2.24) is 0 Å². The molecule has 4 nitrogen and oxygen atoms in total. The summed E-state index contributed by atoms with van der Waals surface area (Å²) in [7, 11) is 1.06. The monoisotopic (exact) mass is 240 g/mol. The predicted octanol–water partition coefficient (Wildman–Crippen LogP) is 1.74. The maximum atomic E-state index is 12.7. The number of methoxy groups -OCH3 is 1. The molecule has 17 heavy (non-hydrogen) atoms. The van der Waals surface area contributed by atoms with Gasteiger partial charge in [-0.15, -0.1) is 0 Å². The van der Waals surface area contributed by atoms with Crippen molar-refractivity contribution in [1.29, 1.82) is 5.26 Å². The first-order chi connectivity index (χ1) is 8.06. The molecule has 0 aliphatic rings. The molecular weight excluding hydrogens is 230 g/mol. The Morgan fingerprint density at radius 3 is 2.65 bits per heavy atom. The third-order valence-electron chi connectivity index (χ3n) is 2.28. The van der Waals surface area contributed by atoms with E-state index in [-0.39, 0.29) is 12.1 Å². The molecule has 0 spiro atoms. The van der Waals surface area contributed by atoms with Crippen LogP contribution in [-0.2, 0) is 11.3 Å². The van der Waals surface area contributed by atoms with E-state index in [4.69, 9.17) is 11.0 Å². The Labute approximate surface area is 96.6 Å². The summed E-state index contributed by atoms with van der Waals surface area (Å²) < 4.78 is 29.9. The summed E-state index contributed by atoms with van der Waals surface area (Å²) in [6.07, 6.45) is -2.86. The Bertz CT molecular complexity index is 481. The van der Waals surface area contributed by atoms with Crippen LogP contribution in [0, 0.1) is 11.3 Å². The summed E-state index contributed by atoms with van der Waals surface area (Å²) in [5, 5.41) is 8.92. The zero-order valence-corrected chi connectivity index (χ0v) is 9.04. The van der Waals surface area contributed by atoms with E-state index in [2.05, 4.69) is 4.74 Å². The first kappa shape index (κ1) is 13.1. The molecule has 1 aromatic carbocycles. The maximum Gasteiger partial charge on any atom is 0.339 e. The highest BCUT2D eigenvalue weighted by Crippen LogP contribution is 2.28. The third kappa shape index (κ3) is 2.40. The lowest BCUT2D eigenvalue weighted by Crippen LogP contribution is -2.12. The van der Waals surface area contributed by atoms with Crippen LogP contribution in [0.4, 0.5) is 8.78 Å². The van der Waals surface area contributed by atoms with Crippen LogP contribution in [0.5, 0.6) is 0 Å². The average molecular weight is 240 g/mol. The predicted molar refractivity (Wildman–Crippen MR) is 55.3 cm³/mol. The molecule has 0 bridgehead atoms. The van der Waals surface area contributed by atoms with Crippen LogP contribution >= 0.6 is 0 Å². The van der Waals surface area contributed by atoms with Crippen molar-refractivity contribution in [2.45, 2.75) is 13.0 Å². The summed E-state index contributed by atoms with van der Waals surface area (Å²) in [5.74, 6) is -0.966. The average Bonchev–Trinajstić information content (AvgIpc) is 2.35. The molecule has 0 fully saturated rings. The number of hydrogen-bond acceptors (Lipinski definition) is 4. The van der Waals surface area contributed by atoms with Gasteiger partial charge in [0.15, 0.2) is 0 Å². The van der Waals surface area contributed by atoms with Crippen LogP contribution in [0.2, 0.25) is 0 Å². The van der Waals surface area contributed by atoms with E-state index >= 15 is 0 Å². The van der Waals surface area contributed by atoms with Gasteiger partial charge < -0.3 is 10.5 Å². The Balaban J connectivity index is 3.57. The summed E-state index contributed by atoms with van der Waals surface area (Å²) in [5.41, 5.74) is 4.62. The van der Waals surface area contributed by atoms with Crippen LogP contribution in [0.15, 0.2) is 12.1 Å². The van der Waals surface area contributed by atoms with Gasteiger partial charge in [0.1, 0.15) is 6.07 Å². The Kier molecular flexibility index (Phi) is 4.12. The number of carbonyl (C=O) groups is 1. The fourth-order valence-electron chi connectivity index (χ4n) is 1.46. The standard InChI is InChI=1S/C11H10F2N2O2/c1-17-11(16)9-7(10(12)13)3-2-6(4-14)8(9)5-15/h2-3,10H,4,14H2,1H3. The summed E-state index contributed by atoms with van der Waals surface area (Å²) >= 11 is 0. The Morgan fingerprint density at radius 1 is 1.59 bits per heavy atom. The molecule has 90 valence electrons. The lowest BCUT2D eigenvalue weighted by molar-refractivity contribution is 0.0589. The second-order valence-electron chi connectivity index (χ2n) is 3.17. The van der Waals surface area contributed by atoms with Gasteiger partial charge in [0, 0.05) is 12.1 Å². The number of benzene rings is 1. The van der Waals surface area contributed by atoms with E-state index < -0.39 is 23.5 Å². The largest absolute Gasteiger partial charge is 0.465 e. The first-order valence-corrected chi connectivity index (χ1v) is 4.69. The van der Waals surface area contributed by atoms with E-state index in [0.29, 0.717) is 5.56 Å². The highest BCUT2D eigenvalue weighted by Gasteiger charge is 2.24. The van der Waals surface area contributed by atoms with Crippen LogP contribution in [0.3, 0.4) is 0 Å². The molecule has 0 heterocycles. The minimum atomic E-state index is -2.86. The van der Waals surface area contributed by atoms with Crippen LogP contribution in [-0.4, -0.2) is 13.1 Å². The van der Waals surface area contributed by atoms with Gasteiger partial charge in [-0.2, -0.15) is 5.26 Å². The van der Waals surface area contributed by atoms with Gasteiger partial charge in [0.25, 0.3) is 6.43 Å². The Hall–Kier alpha value is -2.00. The van der Waals surface area contributed by atoms with Crippen LogP contribution in [0.25, 0.3) is 0 Å². The molecule has 0 radical (unpaired) electrons. The summed E-state index contributed by atoms with van der Waals surface area (Å²) in [6, 6.07) is 4.11. The van der Waals surface area contributed by atoms with Crippen molar-refractivity contribution in [3.05, 3.63) is 34.4 Å². The van der Waals surface area contributed by atoms with Crippen molar-refractivity contribution in [3.8, 4) is 6.07 Å². The molecule has 0 aromatic heterocycles. The van der Waals surface area contributed by atoms with Crippen molar-refractivity contribution >= 4 is 5.97 Å². The molecule has 2 N–H and O–H groups in total. The number of ether oxygens (including phenoxy) is 1. The number of hydrogen-bond donors (Lipinski definition) is 1. The van der Waals surface area contributed by atoms with Gasteiger partial charge in [0.2, 0.25) is 0 Å². The van der Waals surface area contributed by atoms with Crippen molar-refractivity contribution in [2.24, 2.45) is 5.73 Å². The number of rotatable bonds is 3. The van der Waals surface area contributed by atoms with Crippen LogP contribution < -0.4 is 5.73 Å². The molecule has 1 rings (SSSR count). The number of nitriles is 1. The maximum absolute atomic E-state index is 12.7. The summed E-state index contributed by atoms with van der Waals surface area (Å²) in [6.45, 7) is -0.0175. The lowest BCUT2D eigenvalue weighted by Gasteiger charge is -2.11. The normalized spacial score (nSPS) is 10.1. The van der Waals surface area contributed by atoms with E-state index in [1.165, 1.54) is 6.07 Å². The molecule has 0 aliphatic heterocycles. The smallest absolute Gasteiger partial charge is 0.339 e. The van der Waals surface area contributed by atoms with E-state index in [1.54, 1.807) is 6.07 Å². The second-order valence-corrected chi connectivity index (χ2v) is 3.17. The fraction of sp³-hybridized carbons (Fsp3) is 0.273. The SMILES string of the molecule is COC(=O)c1c(C(F)F)ccc(CN)c1C#N. The minimum Gasteiger partial charge on any atom is -0.465 e. The van der Waals surface area contributed by atoms with E-state index in [9.17, 15) is 13.6 Å². The number of esters is 1. The third-order valence-corrected chi connectivity index (χ3v) is 2.28. The van der Waals surface area contributed by atoms with Gasteiger partial charge in [-0.1, -0.05) is 12.1 Å². The zero-order valence-electron chi connectivity index (χ0n) is 9.04. The number of nitrogens with two attached hydrogens (primary N) is 1. The zero-order chi connectivity index (χ0) is 13.0. The molecule has 0 saturated heterocycles. The Morgan fingerprint density at radius 2 is 2.24 bits per heavy atom. The highest BCUT2D eigenvalue weighted by molar-refractivity contribution is 5.94. The molecule has 1 aromatic rings. The second kappa shape index (κ2) is 5.37. The van der Waals surface area contributed by atoms with Crippen molar-refractivity contribution < 1.29 is 18.3 Å². The molecule has 6 heteroatoms. The number of nitrogens with zero attached hydrogens (tertiary/aromatic N) is 1. The van der Waals surface area contributed by atoms with Gasteiger partial charge in [-0.05, 0) is 5.56 Å². The van der Waals surface area contributed by atoms with Crippen LogP contribution in [0.1, 0.15) is 33.5 Å². The van der Waals surface area contributed by atoms with Crippen molar-refractivity contribution in [2.75, 3.05) is 7.11 Å². The molecule has 0 amide bonds. The van der Waals surface area contributed by atoms with Gasteiger partial charge in [0.05, 0.1) is 18.2 Å². The van der Waals surface area contributed by atoms with Gasteiger partial charge in [-0.25, -0.2) is 13.6 Å². The van der Waals surface area contributed by atoms with E-state index in [0.717, 1.165) is 13.2 Å². The fourth-order valence-corrected chi connectivity index (χ4v) is 1.46. The number of halogens is 2. The molecule has 0 saturated carbocycles. The molecular formula is C11H10F2N2O2. The van der Waals surface area contributed by atoms with Crippen molar-refractivity contribution in [3.63, 3.8) is 0 Å². The summed E-state index contributed by atoms with van der Waals surface area (Å²) in [4.78, 5) is 11.4. The number of alkyl halides is 2. The quantitative estimate of drug-likeness (QED) is 0.816. The van der Waals surface area contributed by atoms with Gasteiger partial charge >= 0.3 is 5.97 Å². The first-order valence-electron chi connectivity index (χ1n) is 4.69. The van der Waals surface area contributed by atoms with Gasteiger partial charge in [-0.3, -0.25) is 0 Å². The molecule has 0 atom stereocenters. The molecule has 0 unspecified atom stereocenters. The number of carbonyl (C=O) groups excluding carboxylic acids is 1. The van der Waals surface area contributed by atoms with E-state index in [1.807, 2.05) is 0 Å². The topological polar surface area (TPSA) is 76.1 Å². The molecule has 0 aliphatic carbocycles. The lowest BCUT2D eigenvalue weighted by atomic mass is 9.96.